The van der Waals surface area contributed by atoms with Crippen molar-refractivity contribution < 1.29 is 14.0 Å². The normalized spacial score (nSPS) is 10.4. The van der Waals surface area contributed by atoms with Crippen molar-refractivity contribution >= 4 is 29.1 Å². The Bertz CT molecular complexity index is 955. The third kappa shape index (κ3) is 5.41. The summed E-state index contributed by atoms with van der Waals surface area (Å²) in [5, 5.41) is 6.17. The van der Waals surface area contributed by atoms with E-state index in [4.69, 9.17) is 11.6 Å². The molecule has 6 heteroatoms. The van der Waals surface area contributed by atoms with Crippen LogP contribution < -0.4 is 10.6 Å². The Labute approximate surface area is 167 Å². The van der Waals surface area contributed by atoms with Crippen LogP contribution in [0.2, 0.25) is 5.02 Å². The Morgan fingerprint density at radius 3 is 1.96 bits per heavy atom. The van der Waals surface area contributed by atoms with Crippen molar-refractivity contribution in [2.75, 3.05) is 11.9 Å². The number of carbonyl (C=O) groups is 2. The van der Waals surface area contributed by atoms with E-state index < -0.39 is 0 Å². The van der Waals surface area contributed by atoms with Gasteiger partial charge in [0.2, 0.25) is 0 Å². The van der Waals surface area contributed by atoms with Crippen LogP contribution in [0.15, 0.2) is 72.8 Å². The van der Waals surface area contributed by atoms with Crippen molar-refractivity contribution in [3.05, 3.63) is 100 Å². The summed E-state index contributed by atoms with van der Waals surface area (Å²) in [7, 11) is 0. The fraction of sp³-hybridized carbons (Fsp3) is 0.0909. The predicted octanol–water partition coefficient (Wildman–Crippen LogP) is 4.70. The molecule has 0 saturated heterocycles. The van der Waals surface area contributed by atoms with E-state index in [0.717, 1.165) is 5.56 Å². The first-order valence-corrected chi connectivity index (χ1v) is 9.09. The molecule has 0 fully saturated rings. The van der Waals surface area contributed by atoms with Crippen LogP contribution in [-0.2, 0) is 6.42 Å². The SMILES string of the molecule is O=C(NCCc1ccc(F)cc1)c1ccc(C(=O)Nc2ccc(Cl)cc2)cc1. The number of halogens is 2. The smallest absolute Gasteiger partial charge is 0.255 e. The topological polar surface area (TPSA) is 58.2 Å². The summed E-state index contributed by atoms with van der Waals surface area (Å²) in [6.07, 6.45) is 0.605. The highest BCUT2D eigenvalue weighted by Crippen LogP contribution is 2.15. The zero-order valence-electron chi connectivity index (χ0n) is 14.9. The van der Waals surface area contributed by atoms with E-state index in [9.17, 15) is 14.0 Å². The van der Waals surface area contributed by atoms with Crippen LogP contribution in [-0.4, -0.2) is 18.4 Å². The van der Waals surface area contributed by atoms with E-state index in [1.165, 1.54) is 12.1 Å². The van der Waals surface area contributed by atoms with E-state index >= 15 is 0 Å². The molecule has 28 heavy (non-hydrogen) atoms. The zero-order chi connectivity index (χ0) is 19.9. The second-order valence-corrected chi connectivity index (χ2v) is 6.61. The van der Waals surface area contributed by atoms with Gasteiger partial charge in [0.25, 0.3) is 11.8 Å². The van der Waals surface area contributed by atoms with E-state index in [0.29, 0.717) is 34.8 Å². The van der Waals surface area contributed by atoms with Gasteiger partial charge >= 0.3 is 0 Å². The van der Waals surface area contributed by atoms with E-state index in [1.807, 2.05) is 0 Å². The van der Waals surface area contributed by atoms with Crippen molar-refractivity contribution in [1.29, 1.82) is 0 Å². The van der Waals surface area contributed by atoms with Gasteiger partial charge in [-0.3, -0.25) is 9.59 Å². The van der Waals surface area contributed by atoms with Gasteiger partial charge in [-0.25, -0.2) is 4.39 Å². The highest BCUT2D eigenvalue weighted by molar-refractivity contribution is 6.30. The van der Waals surface area contributed by atoms with E-state index in [-0.39, 0.29) is 17.6 Å². The number of benzene rings is 3. The summed E-state index contributed by atoms with van der Waals surface area (Å²) in [6, 6.07) is 19.4. The first kappa shape index (κ1) is 19.6. The molecule has 0 atom stereocenters. The molecule has 0 heterocycles. The Kier molecular flexibility index (Phi) is 6.40. The average Bonchev–Trinajstić information content (AvgIpc) is 2.71. The number of anilines is 1. The van der Waals surface area contributed by atoms with Crippen molar-refractivity contribution in [3.63, 3.8) is 0 Å². The number of nitrogens with one attached hydrogen (secondary N) is 2. The minimum absolute atomic E-state index is 0.230. The number of hydrogen-bond donors (Lipinski definition) is 2. The van der Waals surface area contributed by atoms with Crippen LogP contribution in [0.5, 0.6) is 0 Å². The quantitative estimate of drug-likeness (QED) is 0.634. The maximum absolute atomic E-state index is 12.9. The second-order valence-electron chi connectivity index (χ2n) is 6.17. The Hall–Kier alpha value is -3.18. The molecular formula is C22H18ClFN2O2. The molecular weight excluding hydrogens is 379 g/mol. The molecule has 4 nitrogen and oxygen atoms in total. The fourth-order valence-electron chi connectivity index (χ4n) is 2.58. The van der Waals surface area contributed by atoms with E-state index in [1.54, 1.807) is 60.7 Å². The van der Waals surface area contributed by atoms with Gasteiger partial charge in [0.1, 0.15) is 5.82 Å². The van der Waals surface area contributed by atoms with Gasteiger partial charge in [0.15, 0.2) is 0 Å². The lowest BCUT2D eigenvalue weighted by Crippen LogP contribution is -2.25. The van der Waals surface area contributed by atoms with Crippen molar-refractivity contribution in [1.82, 2.24) is 5.32 Å². The summed E-state index contributed by atoms with van der Waals surface area (Å²) in [4.78, 5) is 24.5. The van der Waals surface area contributed by atoms with Crippen molar-refractivity contribution in [2.45, 2.75) is 6.42 Å². The first-order valence-electron chi connectivity index (χ1n) is 8.71. The second kappa shape index (κ2) is 9.15. The number of carbonyl (C=O) groups excluding carboxylic acids is 2. The molecule has 0 saturated carbocycles. The molecule has 142 valence electrons. The van der Waals surface area contributed by atoms with E-state index in [2.05, 4.69) is 10.6 Å². The zero-order valence-corrected chi connectivity index (χ0v) is 15.7. The summed E-state index contributed by atoms with van der Waals surface area (Å²) < 4.78 is 12.9. The highest BCUT2D eigenvalue weighted by Gasteiger charge is 2.09. The van der Waals surface area contributed by atoms with Gasteiger partial charge in [-0.15, -0.1) is 0 Å². The average molecular weight is 397 g/mol. The standard InChI is InChI=1S/C22H18ClFN2O2/c23-18-7-11-20(12-8-18)26-22(28)17-5-3-16(4-6-17)21(27)25-14-13-15-1-9-19(24)10-2-15/h1-12H,13-14H2,(H,25,27)(H,26,28). The van der Waals surface area contributed by atoms with Gasteiger partial charge in [0.05, 0.1) is 0 Å². The first-order chi connectivity index (χ1) is 13.5. The maximum atomic E-state index is 12.9. The van der Waals surface area contributed by atoms with Gasteiger partial charge in [0, 0.05) is 28.4 Å². The Morgan fingerprint density at radius 2 is 1.36 bits per heavy atom. The number of rotatable bonds is 6. The summed E-state index contributed by atoms with van der Waals surface area (Å²) in [6.45, 7) is 0.434. The molecule has 3 rings (SSSR count). The molecule has 2 N–H and O–H groups in total. The molecule has 0 aliphatic rings. The van der Waals surface area contributed by atoms with Crippen LogP contribution in [0, 0.1) is 5.82 Å². The largest absolute Gasteiger partial charge is 0.352 e. The Balaban J connectivity index is 1.52. The van der Waals surface area contributed by atoms with Gasteiger partial charge in [-0.2, -0.15) is 0 Å². The summed E-state index contributed by atoms with van der Waals surface area (Å²) in [5.74, 6) is -0.787. The monoisotopic (exact) mass is 396 g/mol. The van der Waals surface area contributed by atoms with Crippen molar-refractivity contribution in [3.8, 4) is 0 Å². The van der Waals surface area contributed by atoms with Crippen LogP contribution in [0.1, 0.15) is 26.3 Å². The van der Waals surface area contributed by atoms with Crippen LogP contribution >= 0.6 is 11.6 Å². The molecule has 0 radical (unpaired) electrons. The van der Waals surface area contributed by atoms with Gasteiger partial charge < -0.3 is 10.6 Å². The third-order valence-electron chi connectivity index (χ3n) is 4.12. The highest BCUT2D eigenvalue weighted by atomic mass is 35.5. The van der Waals surface area contributed by atoms with Crippen LogP contribution in [0.3, 0.4) is 0 Å². The van der Waals surface area contributed by atoms with Crippen molar-refractivity contribution in [2.24, 2.45) is 0 Å². The molecule has 0 aliphatic heterocycles. The Morgan fingerprint density at radius 1 is 0.786 bits per heavy atom. The summed E-state index contributed by atoms with van der Waals surface area (Å²) in [5.41, 5.74) is 2.48. The van der Waals surface area contributed by atoms with Crippen LogP contribution in [0.4, 0.5) is 10.1 Å². The predicted molar refractivity (Wildman–Crippen MR) is 108 cm³/mol. The molecule has 0 bridgehead atoms. The lowest BCUT2D eigenvalue weighted by molar-refractivity contribution is 0.0952. The minimum Gasteiger partial charge on any atom is -0.352 e. The molecule has 0 unspecified atom stereocenters. The van der Waals surface area contributed by atoms with Gasteiger partial charge in [-0.1, -0.05) is 23.7 Å². The van der Waals surface area contributed by atoms with Crippen LogP contribution in [0.25, 0.3) is 0 Å². The minimum atomic E-state index is -0.284. The molecule has 0 spiro atoms. The summed E-state index contributed by atoms with van der Waals surface area (Å²) >= 11 is 5.82. The molecule has 0 aliphatic carbocycles. The lowest BCUT2D eigenvalue weighted by atomic mass is 10.1. The number of amides is 2. The molecule has 3 aromatic carbocycles. The van der Waals surface area contributed by atoms with Gasteiger partial charge in [-0.05, 0) is 72.6 Å². The number of hydrogen-bond acceptors (Lipinski definition) is 2. The maximum Gasteiger partial charge on any atom is 0.255 e. The third-order valence-corrected chi connectivity index (χ3v) is 4.38. The molecule has 2 amide bonds. The fourth-order valence-corrected chi connectivity index (χ4v) is 2.71. The molecule has 3 aromatic rings. The molecule has 0 aromatic heterocycles. The lowest BCUT2D eigenvalue weighted by Gasteiger charge is -2.08.